The Morgan fingerprint density at radius 3 is 2.21 bits per heavy atom. The van der Waals surface area contributed by atoms with E-state index in [0.717, 1.165) is 10.2 Å². The molecule has 8 heteroatoms. The number of anilines is 1. The van der Waals surface area contributed by atoms with Crippen LogP contribution in [0.2, 0.25) is 0 Å². The monoisotopic (exact) mass is 395 g/mol. The van der Waals surface area contributed by atoms with Crippen LogP contribution in [-0.4, -0.2) is 37.0 Å². The van der Waals surface area contributed by atoms with Crippen molar-refractivity contribution in [1.82, 2.24) is 9.78 Å². The highest BCUT2D eigenvalue weighted by Gasteiger charge is 2.15. The van der Waals surface area contributed by atoms with E-state index in [4.69, 9.17) is 14.2 Å². The van der Waals surface area contributed by atoms with Crippen LogP contribution in [0.15, 0.2) is 59.4 Å². The number of nitrogens with one attached hydrogen (secondary N) is 1. The van der Waals surface area contributed by atoms with Gasteiger partial charge in [-0.05, 0) is 6.07 Å². The predicted octanol–water partition coefficient (Wildman–Crippen LogP) is 2.57. The standard InChI is InChI=1S/C21H21N3O5/c1-27-17-11-15(12-18(28-2)21(17)29-3)22-19(25)13-24-20(26)10-9-16(23-24)14-7-5-4-6-8-14/h4-12H,13H2,1-3H3,(H,22,25). The van der Waals surface area contributed by atoms with Gasteiger partial charge in [0.25, 0.3) is 5.56 Å². The molecule has 0 spiro atoms. The molecule has 1 N–H and O–H groups in total. The quantitative estimate of drug-likeness (QED) is 0.661. The Hall–Kier alpha value is -3.81. The van der Waals surface area contributed by atoms with Crippen molar-refractivity contribution in [3.05, 3.63) is 65.0 Å². The normalized spacial score (nSPS) is 10.3. The van der Waals surface area contributed by atoms with Crippen LogP contribution in [0.5, 0.6) is 17.2 Å². The molecule has 0 fully saturated rings. The summed E-state index contributed by atoms with van der Waals surface area (Å²) in [6.45, 7) is -0.240. The van der Waals surface area contributed by atoms with Gasteiger partial charge in [-0.1, -0.05) is 30.3 Å². The number of rotatable bonds is 7. The zero-order valence-electron chi connectivity index (χ0n) is 16.3. The first-order chi connectivity index (χ1) is 14.0. The Kier molecular flexibility index (Phi) is 6.13. The summed E-state index contributed by atoms with van der Waals surface area (Å²) in [6, 6.07) is 15.6. The summed E-state index contributed by atoms with van der Waals surface area (Å²) in [5, 5.41) is 7.02. The van der Waals surface area contributed by atoms with Gasteiger partial charge in [0.05, 0.1) is 27.0 Å². The summed E-state index contributed by atoms with van der Waals surface area (Å²) in [5.74, 6) is 0.813. The number of ether oxygens (including phenoxy) is 3. The van der Waals surface area contributed by atoms with Gasteiger partial charge < -0.3 is 19.5 Å². The van der Waals surface area contributed by atoms with Gasteiger partial charge in [-0.25, -0.2) is 4.68 Å². The number of benzene rings is 2. The topological polar surface area (TPSA) is 91.7 Å². The largest absolute Gasteiger partial charge is 0.493 e. The molecule has 0 aliphatic heterocycles. The van der Waals surface area contributed by atoms with Gasteiger partial charge in [0.15, 0.2) is 11.5 Å². The maximum absolute atomic E-state index is 12.5. The molecular formula is C21H21N3O5. The highest BCUT2D eigenvalue weighted by molar-refractivity contribution is 5.91. The highest BCUT2D eigenvalue weighted by Crippen LogP contribution is 2.39. The third-order valence-corrected chi connectivity index (χ3v) is 4.18. The van der Waals surface area contributed by atoms with E-state index >= 15 is 0 Å². The molecule has 1 aromatic heterocycles. The number of amides is 1. The zero-order chi connectivity index (χ0) is 20.8. The molecule has 8 nitrogen and oxygen atoms in total. The van der Waals surface area contributed by atoms with Gasteiger partial charge in [-0.3, -0.25) is 9.59 Å². The van der Waals surface area contributed by atoms with Gasteiger partial charge in [0, 0.05) is 29.4 Å². The number of carbonyl (C=O) groups excluding carboxylic acids is 1. The minimum atomic E-state index is -0.418. The molecule has 3 aromatic rings. The first kappa shape index (κ1) is 19.9. The van der Waals surface area contributed by atoms with Crippen LogP contribution in [0, 0.1) is 0 Å². The molecular weight excluding hydrogens is 374 g/mol. The van der Waals surface area contributed by atoms with Crippen molar-refractivity contribution in [3.63, 3.8) is 0 Å². The van der Waals surface area contributed by atoms with Gasteiger partial charge in [-0.15, -0.1) is 0 Å². The molecule has 0 aliphatic rings. The van der Waals surface area contributed by atoms with Gasteiger partial charge in [-0.2, -0.15) is 5.10 Å². The smallest absolute Gasteiger partial charge is 0.267 e. The van der Waals surface area contributed by atoms with E-state index in [-0.39, 0.29) is 12.1 Å². The second-order valence-corrected chi connectivity index (χ2v) is 6.04. The van der Waals surface area contributed by atoms with Crippen molar-refractivity contribution in [2.75, 3.05) is 26.6 Å². The van der Waals surface area contributed by atoms with Crippen molar-refractivity contribution < 1.29 is 19.0 Å². The van der Waals surface area contributed by atoms with E-state index in [0.29, 0.717) is 28.6 Å². The average Bonchev–Trinajstić information content (AvgIpc) is 2.75. The first-order valence-corrected chi connectivity index (χ1v) is 8.79. The van der Waals surface area contributed by atoms with Crippen LogP contribution in [0.1, 0.15) is 0 Å². The Labute approximate surface area is 167 Å². The summed E-state index contributed by atoms with van der Waals surface area (Å²) in [4.78, 5) is 24.7. The zero-order valence-corrected chi connectivity index (χ0v) is 16.3. The highest BCUT2D eigenvalue weighted by atomic mass is 16.5. The number of hydrogen-bond acceptors (Lipinski definition) is 6. The summed E-state index contributed by atoms with van der Waals surface area (Å²) in [6.07, 6.45) is 0. The van der Waals surface area contributed by atoms with Crippen LogP contribution < -0.4 is 25.1 Å². The maximum atomic E-state index is 12.5. The lowest BCUT2D eigenvalue weighted by molar-refractivity contribution is -0.117. The van der Waals surface area contributed by atoms with E-state index in [1.54, 1.807) is 18.2 Å². The molecule has 0 unspecified atom stereocenters. The molecule has 0 saturated heterocycles. The lowest BCUT2D eigenvalue weighted by Gasteiger charge is -2.14. The molecule has 0 bridgehead atoms. The number of methoxy groups -OCH3 is 3. The van der Waals surface area contributed by atoms with E-state index in [1.807, 2.05) is 30.3 Å². The molecule has 0 radical (unpaired) electrons. The molecule has 0 atom stereocenters. The van der Waals surface area contributed by atoms with Crippen molar-refractivity contribution >= 4 is 11.6 Å². The molecule has 0 aliphatic carbocycles. The van der Waals surface area contributed by atoms with E-state index in [1.165, 1.54) is 27.4 Å². The van der Waals surface area contributed by atoms with Crippen LogP contribution in [-0.2, 0) is 11.3 Å². The third kappa shape index (κ3) is 4.55. The van der Waals surface area contributed by atoms with Crippen LogP contribution in [0.25, 0.3) is 11.3 Å². The van der Waals surface area contributed by atoms with Crippen LogP contribution in [0.3, 0.4) is 0 Å². The lowest BCUT2D eigenvalue weighted by atomic mass is 10.1. The SMILES string of the molecule is COc1cc(NC(=O)Cn2nc(-c3ccccc3)ccc2=O)cc(OC)c1OC. The van der Waals surface area contributed by atoms with Gasteiger partial charge >= 0.3 is 0 Å². The third-order valence-electron chi connectivity index (χ3n) is 4.18. The first-order valence-electron chi connectivity index (χ1n) is 8.79. The number of aromatic nitrogens is 2. The van der Waals surface area contributed by atoms with Crippen molar-refractivity contribution in [2.24, 2.45) is 0 Å². The summed E-state index contributed by atoms with van der Waals surface area (Å²) >= 11 is 0. The van der Waals surface area contributed by atoms with Crippen molar-refractivity contribution in [2.45, 2.75) is 6.54 Å². The summed E-state index contributed by atoms with van der Waals surface area (Å²) in [7, 11) is 4.47. The van der Waals surface area contributed by atoms with Crippen LogP contribution in [0.4, 0.5) is 5.69 Å². The Morgan fingerprint density at radius 2 is 1.62 bits per heavy atom. The van der Waals surface area contributed by atoms with E-state index < -0.39 is 5.91 Å². The molecule has 2 aromatic carbocycles. The second kappa shape index (κ2) is 8.92. The summed E-state index contributed by atoms with van der Waals surface area (Å²) < 4.78 is 16.9. The molecule has 150 valence electrons. The van der Waals surface area contributed by atoms with Crippen molar-refractivity contribution in [1.29, 1.82) is 0 Å². The Balaban J connectivity index is 1.82. The molecule has 3 rings (SSSR count). The van der Waals surface area contributed by atoms with Gasteiger partial charge in [0.1, 0.15) is 6.54 Å². The molecule has 1 amide bonds. The van der Waals surface area contributed by atoms with Crippen LogP contribution >= 0.6 is 0 Å². The lowest BCUT2D eigenvalue weighted by Crippen LogP contribution is -2.29. The number of nitrogens with zero attached hydrogens (tertiary/aromatic N) is 2. The number of hydrogen-bond donors (Lipinski definition) is 1. The van der Waals surface area contributed by atoms with E-state index in [2.05, 4.69) is 10.4 Å². The fourth-order valence-electron chi connectivity index (χ4n) is 2.81. The minimum absolute atomic E-state index is 0.240. The minimum Gasteiger partial charge on any atom is -0.493 e. The fourth-order valence-corrected chi connectivity index (χ4v) is 2.81. The second-order valence-electron chi connectivity index (χ2n) is 6.04. The maximum Gasteiger partial charge on any atom is 0.267 e. The predicted molar refractivity (Wildman–Crippen MR) is 109 cm³/mol. The van der Waals surface area contributed by atoms with E-state index in [9.17, 15) is 9.59 Å². The molecule has 1 heterocycles. The number of carbonyl (C=O) groups is 1. The molecule has 29 heavy (non-hydrogen) atoms. The van der Waals surface area contributed by atoms with Crippen molar-refractivity contribution in [3.8, 4) is 28.5 Å². The fraction of sp³-hybridized carbons (Fsp3) is 0.190. The van der Waals surface area contributed by atoms with Gasteiger partial charge in [0.2, 0.25) is 11.7 Å². The Bertz CT molecular complexity index is 1040. The Morgan fingerprint density at radius 1 is 0.966 bits per heavy atom. The average molecular weight is 395 g/mol. The molecule has 0 saturated carbocycles. The summed E-state index contributed by atoms with van der Waals surface area (Å²) in [5.41, 5.74) is 1.53.